The van der Waals surface area contributed by atoms with E-state index in [0.717, 1.165) is 31.0 Å². The normalized spacial score (nSPS) is 15.4. The number of carbonyl (C=O) groups excluding carboxylic acids is 1. The molecule has 0 spiro atoms. The second-order valence-corrected chi connectivity index (χ2v) is 5.82. The molecule has 4 nitrogen and oxygen atoms in total. The molecule has 1 fully saturated rings. The fraction of sp³-hybridized carbons (Fsp3) is 0.562. The third-order valence-electron chi connectivity index (χ3n) is 3.79. The molecule has 1 saturated heterocycles. The van der Waals surface area contributed by atoms with E-state index in [1.807, 2.05) is 39.0 Å². The zero-order valence-corrected chi connectivity index (χ0v) is 12.7. The van der Waals surface area contributed by atoms with E-state index in [1.165, 1.54) is 12.8 Å². The van der Waals surface area contributed by atoms with Crippen LogP contribution in [0.5, 0.6) is 0 Å². The Kier molecular flexibility index (Phi) is 4.65. The first-order valence-electron chi connectivity index (χ1n) is 7.45. The van der Waals surface area contributed by atoms with Crippen molar-refractivity contribution in [3.8, 4) is 0 Å². The lowest BCUT2D eigenvalue weighted by Crippen LogP contribution is -2.49. The smallest absolute Gasteiger partial charge is 0.244 e. The minimum Gasteiger partial charge on any atom is -0.370 e. The van der Waals surface area contributed by atoms with Gasteiger partial charge in [-0.05, 0) is 45.4 Å². The summed E-state index contributed by atoms with van der Waals surface area (Å²) in [6.45, 7) is 8.74. The Bertz CT molecular complexity index is 465. The van der Waals surface area contributed by atoms with E-state index in [0.29, 0.717) is 0 Å². The highest BCUT2D eigenvalue weighted by molar-refractivity contribution is 6.00. The van der Waals surface area contributed by atoms with Crippen LogP contribution in [0, 0.1) is 0 Å². The molecule has 0 radical (unpaired) electrons. The van der Waals surface area contributed by atoms with E-state index in [4.69, 9.17) is 0 Å². The molecular formula is C16H25N3O. The molecule has 20 heavy (non-hydrogen) atoms. The first-order chi connectivity index (χ1) is 9.54. The standard InChI is InChI=1S/C16H25N3O/c1-4-17-16(2,3)15(20)18-13-9-5-6-10-14(13)19-11-7-8-12-19/h5-6,9-10,17H,4,7-8,11-12H2,1-3H3,(H,18,20). The van der Waals surface area contributed by atoms with Gasteiger partial charge in [0.1, 0.15) is 0 Å². The molecule has 1 aliphatic rings. The van der Waals surface area contributed by atoms with Crippen molar-refractivity contribution in [3.05, 3.63) is 24.3 Å². The molecule has 0 aliphatic carbocycles. The van der Waals surface area contributed by atoms with Gasteiger partial charge in [0.2, 0.25) is 5.91 Å². The Morgan fingerprint density at radius 1 is 1.25 bits per heavy atom. The molecule has 0 atom stereocenters. The third-order valence-corrected chi connectivity index (χ3v) is 3.79. The van der Waals surface area contributed by atoms with E-state index in [9.17, 15) is 4.79 Å². The summed E-state index contributed by atoms with van der Waals surface area (Å²) in [4.78, 5) is 14.7. The van der Waals surface area contributed by atoms with Crippen LogP contribution in [0.25, 0.3) is 0 Å². The van der Waals surface area contributed by atoms with Crippen LogP contribution in [0.2, 0.25) is 0 Å². The number of likely N-dealkylation sites (N-methyl/N-ethyl adjacent to an activating group) is 1. The molecule has 2 rings (SSSR count). The molecule has 4 heteroatoms. The van der Waals surface area contributed by atoms with Crippen molar-refractivity contribution in [1.82, 2.24) is 5.32 Å². The maximum Gasteiger partial charge on any atom is 0.244 e. The van der Waals surface area contributed by atoms with Crippen molar-refractivity contribution in [2.75, 3.05) is 29.9 Å². The molecule has 110 valence electrons. The van der Waals surface area contributed by atoms with E-state index in [-0.39, 0.29) is 5.91 Å². The van der Waals surface area contributed by atoms with E-state index in [2.05, 4.69) is 21.6 Å². The van der Waals surface area contributed by atoms with Crippen LogP contribution < -0.4 is 15.5 Å². The average molecular weight is 275 g/mol. The van der Waals surface area contributed by atoms with Gasteiger partial charge in [-0.2, -0.15) is 0 Å². The number of nitrogens with one attached hydrogen (secondary N) is 2. The number of anilines is 2. The molecular weight excluding hydrogens is 250 g/mol. The van der Waals surface area contributed by atoms with Gasteiger partial charge in [-0.1, -0.05) is 19.1 Å². The van der Waals surface area contributed by atoms with Crippen LogP contribution in [0.4, 0.5) is 11.4 Å². The third kappa shape index (κ3) is 3.31. The lowest BCUT2D eigenvalue weighted by Gasteiger charge is -2.27. The first-order valence-corrected chi connectivity index (χ1v) is 7.45. The number of carbonyl (C=O) groups is 1. The number of rotatable bonds is 5. The summed E-state index contributed by atoms with van der Waals surface area (Å²) < 4.78 is 0. The maximum atomic E-state index is 12.4. The Morgan fingerprint density at radius 2 is 1.90 bits per heavy atom. The topological polar surface area (TPSA) is 44.4 Å². The largest absolute Gasteiger partial charge is 0.370 e. The summed E-state index contributed by atoms with van der Waals surface area (Å²) in [7, 11) is 0. The average Bonchev–Trinajstić information content (AvgIpc) is 2.93. The van der Waals surface area contributed by atoms with Crippen LogP contribution in [-0.4, -0.2) is 31.1 Å². The molecule has 0 bridgehead atoms. The quantitative estimate of drug-likeness (QED) is 0.868. The lowest BCUT2D eigenvalue weighted by atomic mass is 10.0. The number of amides is 1. The van der Waals surface area contributed by atoms with Gasteiger partial charge in [0.25, 0.3) is 0 Å². The highest BCUT2D eigenvalue weighted by Gasteiger charge is 2.27. The molecule has 2 N–H and O–H groups in total. The van der Waals surface area contributed by atoms with Crippen LogP contribution in [0.3, 0.4) is 0 Å². The number of hydrogen-bond donors (Lipinski definition) is 2. The van der Waals surface area contributed by atoms with Gasteiger partial charge in [-0.25, -0.2) is 0 Å². The number of benzene rings is 1. The molecule has 1 heterocycles. The summed E-state index contributed by atoms with van der Waals surface area (Å²) in [6.07, 6.45) is 2.45. The lowest BCUT2D eigenvalue weighted by molar-refractivity contribution is -0.121. The molecule has 1 aliphatic heterocycles. The summed E-state index contributed by atoms with van der Waals surface area (Å²) in [6, 6.07) is 8.06. The van der Waals surface area contributed by atoms with Crippen molar-refractivity contribution in [3.63, 3.8) is 0 Å². The monoisotopic (exact) mass is 275 g/mol. The van der Waals surface area contributed by atoms with Crippen LogP contribution >= 0.6 is 0 Å². The Labute approximate surface area is 121 Å². The minimum atomic E-state index is -0.563. The molecule has 1 aromatic rings. The molecule has 1 amide bonds. The van der Waals surface area contributed by atoms with Crippen molar-refractivity contribution in [1.29, 1.82) is 0 Å². The molecule has 0 unspecified atom stereocenters. The second kappa shape index (κ2) is 6.27. The highest BCUT2D eigenvalue weighted by Crippen LogP contribution is 2.29. The summed E-state index contributed by atoms with van der Waals surface area (Å²) in [5, 5.41) is 6.27. The van der Waals surface area contributed by atoms with Crippen LogP contribution in [-0.2, 0) is 4.79 Å². The molecule has 0 saturated carbocycles. The fourth-order valence-electron chi connectivity index (χ4n) is 2.61. The summed E-state index contributed by atoms with van der Waals surface area (Å²) in [5.41, 5.74) is 1.48. The number of para-hydroxylation sites is 2. The van der Waals surface area contributed by atoms with E-state index in [1.54, 1.807) is 0 Å². The highest BCUT2D eigenvalue weighted by atomic mass is 16.2. The van der Waals surface area contributed by atoms with Crippen LogP contribution in [0.1, 0.15) is 33.6 Å². The number of hydrogen-bond acceptors (Lipinski definition) is 3. The fourth-order valence-corrected chi connectivity index (χ4v) is 2.61. The predicted octanol–water partition coefficient (Wildman–Crippen LogP) is 2.61. The second-order valence-electron chi connectivity index (χ2n) is 5.82. The first kappa shape index (κ1) is 14.9. The summed E-state index contributed by atoms with van der Waals surface area (Å²) in [5.74, 6) is 0.00555. The summed E-state index contributed by atoms with van der Waals surface area (Å²) >= 11 is 0. The van der Waals surface area contributed by atoms with Gasteiger partial charge in [0, 0.05) is 13.1 Å². The van der Waals surface area contributed by atoms with Gasteiger partial charge in [-0.15, -0.1) is 0 Å². The van der Waals surface area contributed by atoms with Gasteiger partial charge in [0.15, 0.2) is 0 Å². The van der Waals surface area contributed by atoms with Crippen molar-refractivity contribution in [2.45, 2.75) is 39.2 Å². The van der Waals surface area contributed by atoms with Crippen molar-refractivity contribution < 1.29 is 4.79 Å². The Morgan fingerprint density at radius 3 is 2.55 bits per heavy atom. The van der Waals surface area contributed by atoms with E-state index >= 15 is 0 Å². The Balaban J connectivity index is 2.15. The Hall–Kier alpha value is -1.55. The minimum absolute atomic E-state index is 0.00555. The van der Waals surface area contributed by atoms with Gasteiger partial charge in [0.05, 0.1) is 16.9 Å². The molecule has 1 aromatic carbocycles. The maximum absolute atomic E-state index is 12.4. The van der Waals surface area contributed by atoms with E-state index < -0.39 is 5.54 Å². The van der Waals surface area contributed by atoms with Crippen molar-refractivity contribution >= 4 is 17.3 Å². The zero-order chi connectivity index (χ0) is 14.6. The number of nitrogens with zero attached hydrogens (tertiary/aromatic N) is 1. The van der Waals surface area contributed by atoms with Crippen LogP contribution in [0.15, 0.2) is 24.3 Å². The predicted molar refractivity (Wildman–Crippen MR) is 84.3 cm³/mol. The SMILES string of the molecule is CCNC(C)(C)C(=O)Nc1ccccc1N1CCCC1. The van der Waals surface area contributed by atoms with Gasteiger partial charge < -0.3 is 15.5 Å². The van der Waals surface area contributed by atoms with Gasteiger partial charge in [-0.3, -0.25) is 4.79 Å². The molecule has 0 aromatic heterocycles. The van der Waals surface area contributed by atoms with Gasteiger partial charge >= 0.3 is 0 Å². The van der Waals surface area contributed by atoms with Crippen molar-refractivity contribution in [2.24, 2.45) is 0 Å². The zero-order valence-electron chi connectivity index (χ0n) is 12.7.